The number of hydrogen-bond donors (Lipinski definition) is 0. The highest BCUT2D eigenvalue weighted by Gasteiger charge is 2.15. The maximum Gasteiger partial charge on any atom is 0.246 e. The van der Waals surface area contributed by atoms with Gasteiger partial charge in [-0.3, -0.25) is 0 Å². The first-order valence-electron chi connectivity index (χ1n) is 5.93. The summed E-state index contributed by atoms with van der Waals surface area (Å²) < 4.78 is 11.1. The Morgan fingerprint density at radius 3 is 2.85 bits per heavy atom. The second-order valence-electron chi connectivity index (χ2n) is 4.15. The van der Waals surface area contributed by atoms with E-state index in [1.54, 1.807) is 18.3 Å². The van der Waals surface area contributed by atoms with Crippen molar-refractivity contribution >= 4 is 22.6 Å². The molecule has 0 aliphatic heterocycles. The lowest BCUT2D eigenvalue weighted by molar-refractivity contribution is 0.303. The quantitative estimate of drug-likeness (QED) is 0.684. The number of pyridine rings is 1. The second-order valence-corrected chi connectivity index (χ2v) is 4.53. The minimum atomic E-state index is 0.174. The summed E-state index contributed by atoms with van der Waals surface area (Å²) in [6.07, 6.45) is 1.64. The average Bonchev–Trinajstić information content (AvgIpc) is 2.84. The number of ether oxygens (including phenoxy) is 1. The Bertz CT molecular complexity index is 788. The van der Waals surface area contributed by atoms with Crippen molar-refractivity contribution in [3.8, 4) is 11.8 Å². The lowest BCUT2D eigenvalue weighted by Crippen LogP contribution is -1.96. The van der Waals surface area contributed by atoms with E-state index in [2.05, 4.69) is 4.98 Å². The molecule has 1 aromatic carbocycles. The van der Waals surface area contributed by atoms with Crippen LogP contribution in [0.1, 0.15) is 11.3 Å². The summed E-state index contributed by atoms with van der Waals surface area (Å²) in [4.78, 5) is 3.98. The van der Waals surface area contributed by atoms with Crippen LogP contribution < -0.4 is 4.74 Å². The molecule has 4 nitrogen and oxygen atoms in total. The highest BCUT2D eigenvalue weighted by atomic mass is 35.5. The van der Waals surface area contributed by atoms with Crippen molar-refractivity contribution in [2.24, 2.45) is 0 Å². The van der Waals surface area contributed by atoms with Gasteiger partial charge in [-0.05, 0) is 18.2 Å². The molecule has 98 valence electrons. The topological polar surface area (TPSA) is 59.0 Å². The first-order chi connectivity index (χ1) is 9.78. The molecule has 0 saturated heterocycles. The third kappa shape index (κ3) is 2.31. The summed E-state index contributed by atoms with van der Waals surface area (Å²) in [6, 6.07) is 12.9. The van der Waals surface area contributed by atoms with Gasteiger partial charge in [0.25, 0.3) is 0 Å². The Morgan fingerprint density at radius 2 is 2.10 bits per heavy atom. The molecule has 2 aromatic heterocycles. The van der Waals surface area contributed by atoms with Crippen molar-refractivity contribution < 1.29 is 9.15 Å². The molecule has 0 aliphatic carbocycles. The normalized spacial score (nSPS) is 10.4. The van der Waals surface area contributed by atoms with E-state index in [4.69, 9.17) is 26.0 Å². The summed E-state index contributed by atoms with van der Waals surface area (Å²) >= 11 is 5.73. The molecular formula is C15H9ClN2O2. The zero-order valence-electron chi connectivity index (χ0n) is 10.3. The molecule has 0 spiro atoms. The van der Waals surface area contributed by atoms with Crippen LogP contribution in [-0.4, -0.2) is 4.98 Å². The Hall–Kier alpha value is -2.51. The molecule has 0 saturated carbocycles. The van der Waals surface area contributed by atoms with Crippen molar-refractivity contribution in [1.82, 2.24) is 4.98 Å². The zero-order chi connectivity index (χ0) is 13.9. The number of halogens is 1. The molecular weight excluding hydrogens is 276 g/mol. The number of nitriles is 1. The maximum atomic E-state index is 9.10. The van der Waals surface area contributed by atoms with Crippen LogP contribution in [0.3, 0.4) is 0 Å². The lowest BCUT2D eigenvalue weighted by Gasteiger charge is -2.04. The molecule has 0 amide bonds. The molecule has 0 radical (unpaired) electrons. The van der Waals surface area contributed by atoms with Gasteiger partial charge in [-0.25, -0.2) is 4.98 Å². The molecule has 3 rings (SSSR count). The largest absolute Gasteiger partial charge is 0.483 e. The number of hydrogen-bond acceptors (Lipinski definition) is 4. The maximum absolute atomic E-state index is 9.10. The van der Waals surface area contributed by atoms with Gasteiger partial charge in [0, 0.05) is 11.8 Å². The smallest absolute Gasteiger partial charge is 0.246 e. The lowest BCUT2D eigenvalue weighted by atomic mass is 10.2. The van der Waals surface area contributed by atoms with Gasteiger partial charge in [-0.2, -0.15) is 5.26 Å². The SMILES string of the molecule is N#Cc1oc2ccccc2c1OCc1ccc(Cl)nc1. The first-order valence-corrected chi connectivity index (χ1v) is 6.30. The Morgan fingerprint density at radius 1 is 1.25 bits per heavy atom. The van der Waals surface area contributed by atoms with Crippen LogP contribution in [0, 0.1) is 11.3 Å². The van der Waals surface area contributed by atoms with Gasteiger partial charge in [0.15, 0.2) is 5.75 Å². The van der Waals surface area contributed by atoms with Crippen molar-refractivity contribution in [2.75, 3.05) is 0 Å². The predicted octanol–water partition coefficient (Wildman–Crippen LogP) is 3.93. The molecule has 2 heterocycles. The summed E-state index contributed by atoms with van der Waals surface area (Å²) in [5, 5.41) is 10.3. The fourth-order valence-electron chi connectivity index (χ4n) is 1.89. The van der Waals surface area contributed by atoms with Gasteiger partial charge < -0.3 is 9.15 Å². The molecule has 0 bridgehead atoms. The molecule has 20 heavy (non-hydrogen) atoms. The van der Waals surface area contributed by atoms with Crippen molar-refractivity contribution in [1.29, 1.82) is 5.26 Å². The van der Waals surface area contributed by atoms with E-state index in [1.165, 1.54) is 0 Å². The third-order valence-electron chi connectivity index (χ3n) is 2.82. The standard InChI is InChI=1S/C15H9ClN2O2/c16-14-6-5-10(8-18-14)9-19-15-11-3-1-2-4-12(11)20-13(15)7-17/h1-6,8H,9H2. The summed E-state index contributed by atoms with van der Waals surface area (Å²) in [6.45, 7) is 0.294. The number of rotatable bonds is 3. The van der Waals surface area contributed by atoms with E-state index in [0.717, 1.165) is 10.9 Å². The van der Waals surface area contributed by atoms with Gasteiger partial charge in [-0.1, -0.05) is 29.8 Å². The van der Waals surface area contributed by atoms with Gasteiger partial charge in [0.2, 0.25) is 5.76 Å². The van der Waals surface area contributed by atoms with E-state index < -0.39 is 0 Å². The molecule has 5 heteroatoms. The van der Waals surface area contributed by atoms with E-state index >= 15 is 0 Å². The minimum Gasteiger partial charge on any atom is -0.483 e. The van der Waals surface area contributed by atoms with E-state index in [1.807, 2.05) is 30.3 Å². The Balaban J connectivity index is 1.90. The number of nitrogens with zero attached hydrogens (tertiary/aromatic N) is 2. The Labute approximate surface area is 120 Å². The van der Waals surface area contributed by atoms with Crippen molar-refractivity contribution in [2.45, 2.75) is 6.61 Å². The van der Waals surface area contributed by atoms with Gasteiger partial charge in [0.05, 0.1) is 5.39 Å². The van der Waals surface area contributed by atoms with Crippen LogP contribution in [0.4, 0.5) is 0 Å². The third-order valence-corrected chi connectivity index (χ3v) is 3.05. The first kappa shape index (κ1) is 12.5. The second kappa shape index (κ2) is 5.24. The molecule has 3 aromatic rings. The number of benzene rings is 1. The van der Waals surface area contributed by atoms with Crippen molar-refractivity contribution in [3.05, 3.63) is 59.1 Å². The molecule has 0 fully saturated rings. The van der Waals surface area contributed by atoms with Crippen LogP contribution >= 0.6 is 11.6 Å². The van der Waals surface area contributed by atoms with E-state index in [0.29, 0.717) is 23.1 Å². The van der Waals surface area contributed by atoms with Gasteiger partial charge in [0.1, 0.15) is 23.4 Å². The van der Waals surface area contributed by atoms with Crippen LogP contribution in [-0.2, 0) is 6.61 Å². The molecule has 0 atom stereocenters. The number of furan rings is 1. The fraction of sp³-hybridized carbons (Fsp3) is 0.0667. The summed E-state index contributed by atoms with van der Waals surface area (Å²) in [5.41, 5.74) is 1.50. The highest BCUT2D eigenvalue weighted by molar-refractivity contribution is 6.29. The molecule has 0 unspecified atom stereocenters. The Kier molecular flexibility index (Phi) is 3.28. The van der Waals surface area contributed by atoms with Crippen LogP contribution in [0.2, 0.25) is 5.15 Å². The number of fused-ring (bicyclic) bond motifs is 1. The molecule has 0 N–H and O–H groups in total. The minimum absolute atomic E-state index is 0.174. The summed E-state index contributed by atoms with van der Waals surface area (Å²) in [5.74, 6) is 0.631. The van der Waals surface area contributed by atoms with Gasteiger partial charge >= 0.3 is 0 Å². The fourth-order valence-corrected chi connectivity index (χ4v) is 2.00. The number of para-hydroxylation sites is 1. The monoisotopic (exact) mass is 284 g/mol. The highest BCUT2D eigenvalue weighted by Crippen LogP contribution is 2.32. The van der Waals surface area contributed by atoms with Gasteiger partial charge in [-0.15, -0.1) is 0 Å². The average molecular weight is 285 g/mol. The predicted molar refractivity (Wildman–Crippen MR) is 74.5 cm³/mol. The van der Waals surface area contributed by atoms with Crippen LogP contribution in [0.5, 0.6) is 5.75 Å². The zero-order valence-corrected chi connectivity index (χ0v) is 11.1. The van der Waals surface area contributed by atoms with E-state index in [-0.39, 0.29) is 5.76 Å². The molecule has 0 aliphatic rings. The summed E-state index contributed by atoms with van der Waals surface area (Å²) in [7, 11) is 0. The van der Waals surface area contributed by atoms with E-state index in [9.17, 15) is 0 Å². The van der Waals surface area contributed by atoms with Crippen LogP contribution in [0.25, 0.3) is 11.0 Å². The van der Waals surface area contributed by atoms with Crippen molar-refractivity contribution in [3.63, 3.8) is 0 Å². The number of aromatic nitrogens is 1. The van der Waals surface area contributed by atoms with Crippen LogP contribution in [0.15, 0.2) is 47.0 Å².